The lowest BCUT2D eigenvalue weighted by atomic mass is 10.00. The van der Waals surface area contributed by atoms with Gasteiger partial charge in [0.25, 0.3) is 5.91 Å². The normalized spacial score (nSPS) is 19.6. The number of hydrogen-bond acceptors (Lipinski definition) is 4. The molecule has 0 spiro atoms. The first kappa shape index (κ1) is 18.4. The Bertz CT molecular complexity index is 850. The zero-order chi connectivity index (χ0) is 19.0. The summed E-state index contributed by atoms with van der Waals surface area (Å²) >= 11 is 0. The van der Waals surface area contributed by atoms with E-state index in [1.807, 2.05) is 17.9 Å². The third-order valence-corrected chi connectivity index (χ3v) is 6.17. The maximum atomic E-state index is 13.3. The van der Waals surface area contributed by atoms with Crippen LogP contribution >= 0.6 is 0 Å². The number of carbonyl (C=O) groups excluding carboxylic acids is 1. The summed E-state index contributed by atoms with van der Waals surface area (Å²) in [7, 11) is 0. The van der Waals surface area contributed by atoms with Crippen molar-refractivity contribution in [3.8, 4) is 0 Å². The van der Waals surface area contributed by atoms with Gasteiger partial charge < -0.3 is 9.64 Å². The van der Waals surface area contributed by atoms with Crippen LogP contribution in [0.2, 0.25) is 0 Å². The summed E-state index contributed by atoms with van der Waals surface area (Å²) in [6.07, 6.45) is 2.22. The standard InChI is InChI=1S/C22H29N3O2/c1-15-4-5-19-20(14-16(2)23-21(19)17(15)3)22(26)25-10-8-24(9-11-25)18-6-12-27-13-7-18/h4-5,14,18H,6-13H2,1-3H3. The van der Waals surface area contributed by atoms with Crippen LogP contribution in [0.25, 0.3) is 10.9 Å². The number of nitrogens with zero attached hydrogens (tertiary/aromatic N) is 3. The number of amides is 1. The first-order chi connectivity index (χ1) is 13.0. The highest BCUT2D eigenvalue weighted by atomic mass is 16.5. The summed E-state index contributed by atoms with van der Waals surface area (Å²) < 4.78 is 5.48. The zero-order valence-corrected chi connectivity index (χ0v) is 16.6. The van der Waals surface area contributed by atoms with E-state index in [1.165, 1.54) is 5.56 Å². The molecule has 5 heteroatoms. The molecule has 0 saturated carbocycles. The van der Waals surface area contributed by atoms with Crippen LogP contribution in [0.1, 0.15) is 40.0 Å². The minimum absolute atomic E-state index is 0.139. The molecule has 2 fully saturated rings. The molecule has 2 saturated heterocycles. The molecule has 0 N–H and O–H groups in total. The van der Waals surface area contributed by atoms with E-state index in [2.05, 4.69) is 30.9 Å². The van der Waals surface area contributed by atoms with Crippen LogP contribution < -0.4 is 0 Å². The first-order valence-electron chi connectivity index (χ1n) is 10.0. The van der Waals surface area contributed by atoms with Crippen LogP contribution in [0.15, 0.2) is 18.2 Å². The second kappa shape index (κ2) is 7.56. The van der Waals surface area contributed by atoms with Crippen molar-refractivity contribution in [2.75, 3.05) is 39.4 Å². The van der Waals surface area contributed by atoms with Gasteiger partial charge in [-0.2, -0.15) is 0 Å². The fraction of sp³-hybridized carbons (Fsp3) is 0.545. The predicted octanol–water partition coefficient (Wildman–Crippen LogP) is 3.10. The second-order valence-corrected chi connectivity index (χ2v) is 7.89. The minimum Gasteiger partial charge on any atom is -0.381 e. The average molecular weight is 367 g/mol. The third-order valence-electron chi connectivity index (χ3n) is 6.17. The van der Waals surface area contributed by atoms with E-state index >= 15 is 0 Å². The summed E-state index contributed by atoms with van der Waals surface area (Å²) in [5.74, 6) is 0.139. The SMILES string of the molecule is Cc1cc(C(=O)N2CCN(C3CCOCC3)CC2)c2ccc(C)c(C)c2n1. The lowest BCUT2D eigenvalue weighted by Crippen LogP contribution is -2.53. The molecule has 1 aromatic heterocycles. The molecule has 2 aliphatic rings. The molecule has 4 rings (SSSR count). The fourth-order valence-electron chi connectivity index (χ4n) is 4.35. The number of hydrogen-bond donors (Lipinski definition) is 0. The summed E-state index contributed by atoms with van der Waals surface area (Å²) in [4.78, 5) is 22.6. The highest BCUT2D eigenvalue weighted by molar-refractivity contribution is 6.07. The maximum Gasteiger partial charge on any atom is 0.254 e. The number of aromatic nitrogens is 1. The molecule has 0 aliphatic carbocycles. The van der Waals surface area contributed by atoms with Crippen LogP contribution in [-0.4, -0.2) is 66.1 Å². The number of pyridine rings is 1. The van der Waals surface area contributed by atoms with Crippen molar-refractivity contribution in [3.63, 3.8) is 0 Å². The molecule has 1 amide bonds. The second-order valence-electron chi connectivity index (χ2n) is 7.89. The van der Waals surface area contributed by atoms with E-state index in [0.717, 1.165) is 80.0 Å². The Labute approximate surface area is 161 Å². The number of rotatable bonds is 2. The van der Waals surface area contributed by atoms with E-state index in [0.29, 0.717) is 6.04 Å². The van der Waals surface area contributed by atoms with Gasteiger partial charge in [0.15, 0.2) is 0 Å². The van der Waals surface area contributed by atoms with E-state index < -0.39 is 0 Å². The summed E-state index contributed by atoms with van der Waals surface area (Å²) in [5.41, 5.74) is 5.03. The van der Waals surface area contributed by atoms with Gasteiger partial charge in [0.2, 0.25) is 0 Å². The number of ether oxygens (including phenoxy) is 1. The van der Waals surface area contributed by atoms with Crippen molar-refractivity contribution in [2.45, 2.75) is 39.7 Å². The van der Waals surface area contributed by atoms with Crippen LogP contribution in [0.5, 0.6) is 0 Å². The van der Waals surface area contributed by atoms with Gasteiger partial charge in [0, 0.05) is 56.5 Å². The summed E-state index contributed by atoms with van der Waals surface area (Å²) in [6.45, 7) is 11.4. The van der Waals surface area contributed by atoms with Crippen molar-refractivity contribution in [3.05, 3.63) is 40.6 Å². The Kier molecular flexibility index (Phi) is 5.15. The Balaban J connectivity index is 1.54. The van der Waals surface area contributed by atoms with Crippen molar-refractivity contribution >= 4 is 16.8 Å². The zero-order valence-electron chi connectivity index (χ0n) is 16.6. The molecular weight excluding hydrogens is 338 g/mol. The number of carbonyl (C=O) groups is 1. The highest BCUT2D eigenvalue weighted by Gasteiger charge is 2.28. The van der Waals surface area contributed by atoms with Crippen LogP contribution in [0.4, 0.5) is 0 Å². The Morgan fingerprint density at radius 2 is 1.78 bits per heavy atom. The van der Waals surface area contributed by atoms with Gasteiger partial charge in [-0.3, -0.25) is 14.7 Å². The number of piperazine rings is 1. The molecule has 2 aliphatic heterocycles. The van der Waals surface area contributed by atoms with Gasteiger partial charge in [0.05, 0.1) is 11.1 Å². The number of fused-ring (bicyclic) bond motifs is 1. The van der Waals surface area contributed by atoms with E-state index in [9.17, 15) is 4.79 Å². The van der Waals surface area contributed by atoms with E-state index in [1.54, 1.807) is 0 Å². The molecule has 1 aromatic carbocycles. The van der Waals surface area contributed by atoms with Gasteiger partial charge in [-0.1, -0.05) is 12.1 Å². The Morgan fingerprint density at radius 3 is 2.48 bits per heavy atom. The summed E-state index contributed by atoms with van der Waals surface area (Å²) in [5, 5.41) is 0.973. The quantitative estimate of drug-likeness (QED) is 0.818. The predicted molar refractivity (Wildman–Crippen MR) is 107 cm³/mol. The molecule has 3 heterocycles. The van der Waals surface area contributed by atoms with Crippen molar-refractivity contribution in [2.24, 2.45) is 0 Å². The smallest absolute Gasteiger partial charge is 0.254 e. The maximum absolute atomic E-state index is 13.3. The third kappa shape index (κ3) is 3.58. The van der Waals surface area contributed by atoms with Gasteiger partial charge in [-0.25, -0.2) is 0 Å². The van der Waals surface area contributed by atoms with Crippen molar-refractivity contribution < 1.29 is 9.53 Å². The van der Waals surface area contributed by atoms with E-state index in [-0.39, 0.29) is 5.91 Å². The minimum atomic E-state index is 0.139. The summed E-state index contributed by atoms with van der Waals surface area (Å²) in [6, 6.07) is 6.71. The molecule has 144 valence electrons. The van der Waals surface area contributed by atoms with Crippen molar-refractivity contribution in [1.29, 1.82) is 0 Å². The van der Waals surface area contributed by atoms with Gasteiger partial charge in [0.1, 0.15) is 0 Å². The molecule has 5 nitrogen and oxygen atoms in total. The average Bonchev–Trinajstić information content (AvgIpc) is 2.71. The molecular formula is C22H29N3O2. The van der Waals surface area contributed by atoms with Crippen LogP contribution in [0.3, 0.4) is 0 Å². The van der Waals surface area contributed by atoms with Crippen LogP contribution in [0, 0.1) is 20.8 Å². The first-order valence-corrected chi connectivity index (χ1v) is 10.0. The largest absolute Gasteiger partial charge is 0.381 e. The van der Waals surface area contributed by atoms with Gasteiger partial charge >= 0.3 is 0 Å². The molecule has 0 atom stereocenters. The number of benzene rings is 1. The Morgan fingerprint density at radius 1 is 1.07 bits per heavy atom. The molecule has 27 heavy (non-hydrogen) atoms. The molecule has 0 radical (unpaired) electrons. The lowest BCUT2D eigenvalue weighted by Gasteiger charge is -2.40. The van der Waals surface area contributed by atoms with Crippen LogP contribution in [-0.2, 0) is 4.74 Å². The lowest BCUT2D eigenvalue weighted by molar-refractivity contribution is 0.0138. The van der Waals surface area contributed by atoms with E-state index in [4.69, 9.17) is 9.72 Å². The fourth-order valence-corrected chi connectivity index (χ4v) is 4.35. The monoisotopic (exact) mass is 367 g/mol. The highest BCUT2D eigenvalue weighted by Crippen LogP contribution is 2.26. The topological polar surface area (TPSA) is 45.7 Å². The number of aryl methyl sites for hydroxylation is 3. The van der Waals surface area contributed by atoms with Gasteiger partial charge in [-0.15, -0.1) is 0 Å². The molecule has 0 unspecified atom stereocenters. The van der Waals surface area contributed by atoms with Crippen molar-refractivity contribution in [1.82, 2.24) is 14.8 Å². The molecule has 0 bridgehead atoms. The molecule has 2 aromatic rings. The Hall–Kier alpha value is -1.98. The van der Waals surface area contributed by atoms with Gasteiger partial charge in [-0.05, 0) is 50.8 Å².